The molecule has 5 N–H and O–H groups in total. The summed E-state index contributed by atoms with van der Waals surface area (Å²) in [6.07, 6.45) is 12.3. The van der Waals surface area contributed by atoms with E-state index >= 15 is 0 Å². The molecular weight excluding hydrogens is 520 g/mol. The van der Waals surface area contributed by atoms with Gasteiger partial charge in [-0.15, -0.1) is 0 Å². The Morgan fingerprint density at radius 2 is 0.775 bits per heavy atom. The van der Waals surface area contributed by atoms with Crippen LogP contribution in [0.25, 0.3) is 0 Å². The molecule has 5 fully saturated rings. The summed E-state index contributed by atoms with van der Waals surface area (Å²) in [6.45, 7) is 8.17. The molecule has 10 nitrogen and oxygen atoms in total. The molecule has 0 bridgehead atoms. The highest BCUT2D eigenvalue weighted by molar-refractivity contribution is 5.07. The van der Waals surface area contributed by atoms with E-state index in [9.17, 15) is 25.5 Å². The van der Waals surface area contributed by atoms with E-state index in [4.69, 9.17) is 23.7 Å². The largest absolute Gasteiger partial charge is 0.396 e. The zero-order chi connectivity index (χ0) is 29.2. The van der Waals surface area contributed by atoms with Crippen molar-refractivity contribution in [1.82, 2.24) is 0 Å². The molecule has 10 heteroatoms. The molecule has 0 aromatic rings. The van der Waals surface area contributed by atoms with E-state index in [0.29, 0.717) is 38.7 Å². The van der Waals surface area contributed by atoms with Crippen LogP contribution in [0.3, 0.4) is 0 Å². The van der Waals surface area contributed by atoms with E-state index in [1.807, 2.05) is 0 Å². The summed E-state index contributed by atoms with van der Waals surface area (Å²) in [5.74, 6) is 0.00454. The molecule has 0 saturated carbocycles. The minimum atomic E-state index is -0.748. The van der Waals surface area contributed by atoms with Gasteiger partial charge in [-0.05, 0) is 76.5 Å². The smallest absolute Gasteiger partial charge is 0.0787 e. The lowest BCUT2D eigenvalue weighted by atomic mass is 9.59. The third kappa shape index (κ3) is 14.2. The van der Waals surface area contributed by atoms with Gasteiger partial charge in [-0.25, -0.2) is 0 Å². The SMILES string of the molecule is C1CCOC1.C1CCOC1.C1CCOC1.C1CCOC1.OCCC1COC(CCO)(CCO)C1(CCO)CCO. The van der Waals surface area contributed by atoms with Crippen LogP contribution in [0.1, 0.15) is 83.5 Å². The van der Waals surface area contributed by atoms with Gasteiger partial charge in [0, 0.05) is 104 Å². The maximum atomic E-state index is 9.45. The fraction of sp³-hybridized carbons (Fsp3) is 1.00. The molecule has 0 spiro atoms. The first-order valence-corrected chi connectivity index (χ1v) is 15.7. The van der Waals surface area contributed by atoms with Crippen LogP contribution >= 0.6 is 0 Å². The minimum absolute atomic E-state index is 0.00454. The Morgan fingerprint density at radius 1 is 0.450 bits per heavy atom. The highest BCUT2D eigenvalue weighted by Crippen LogP contribution is 2.56. The second kappa shape index (κ2) is 25.1. The van der Waals surface area contributed by atoms with Crippen LogP contribution in [0.2, 0.25) is 0 Å². The number of ether oxygens (including phenoxy) is 5. The first-order valence-electron chi connectivity index (χ1n) is 15.7. The van der Waals surface area contributed by atoms with E-state index < -0.39 is 11.0 Å². The third-order valence-corrected chi connectivity index (χ3v) is 8.18. The molecule has 0 aromatic carbocycles. The van der Waals surface area contributed by atoms with Crippen molar-refractivity contribution in [2.45, 2.75) is 89.1 Å². The summed E-state index contributed by atoms with van der Waals surface area (Å²) in [5.41, 5.74) is -1.27. The summed E-state index contributed by atoms with van der Waals surface area (Å²) >= 11 is 0. The molecule has 5 rings (SSSR count). The molecule has 0 amide bonds. The molecule has 5 aliphatic heterocycles. The van der Waals surface area contributed by atoms with Crippen molar-refractivity contribution in [2.75, 3.05) is 92.5 Å². The van der Waals surface area contributed by atoms with Gasteiger partial charge in [0.15, 0.2) is 0 Å². The molecule has 240 valence electrons. The molecule has 5 aliphatic rings. The quantitative estimate of drug-likeness (QED) is 0.261. The lowest BCUT2D eigenvalue weighted by Gasteiger charge is -2.47. The van der Waals surface area contributed by atoms with Gasteiger partial charge in [0.25, 0.3) is 0 Å². The topological polar surface area (TPSA) is 147 Å². The van der Waals surface area contributed by atoms with Crippen LogP contribution in [-0.4, -0.2) is 124 Å². The van der Waals surface area contributed by atoms with E-state index in [-0.39, 0.29) is 39.0 Å². The predicted molar refractivity (Wildman–Crippen MR) is 153 cm³/mol. The van der Waals surface area contributed by atoms with Gasteiger partial charge < -0.3 is 49.2 Å². The Bertz CT molecular complexity index is 452. The highest BCUT2D eigenvalue weighted by Gasteiger charge is 2.59. The highest BCUT2D eigenvalue weighted by atomic mass is 16.5. The summed E-state index contributed by atoms with van der Waals surface area (Å²) < 4.78 is 25.7. The summed E-state index contributed by atoms with van der Waals surface area (Å²) in [4.78, 5) is 0. The van der Waals surface area contributed by atoms with Gasteiger partial charge in [0.2, 0.25) is 0 Å². The van der Waals surface area contributed by atoms with Crippen LogP contribution in [0, 0.1) is 11.3 Å². The van der Waals surface area contributed by atoms with Crippen LogP contribution in [0.4, 0.5) is 0 Å². The van der Waals surface area contributed by atoms with Crippen molar-refractivity contribution < 1.29 is 49.2 Å². The number of hydrogen-bond donors (Lipinski definition) is 5. The minimum Gasteiger partial charge on any atom is -0.396 e. The zero-order valence-corrected chi connectivity index (χ0v) is 24.9. The number of aliphatic hydroxyl groups is 5. The molecule has 0 radical (unpaired) electrons. The van der Waals surface area contributed by atoms with E-state index in [2.05, 4.69) is 0 Å². The van der Waals surface area contributed by atoms with Crippen molar-refractivity contribution in [3.8, 4) is 0 Å². The summed E-state index contributed by atoms with van der Waals surface area (Å²) in [7, 11) is 0. The normalized spacial score (nSPS) is 24.1. The number of aliphatic hydroxyl groups excluding tert-OH is 5. The average Bonchev–Trinajstić information content (AvgIpc) is 3.81. The molecule has 5 heterocycles. The molecule has 40 heavy (non-hydrogen) atoms. The maximum absolute atomic E-state index is 9.45. The molecule has 1 atom stereocenters. The number of hydrogen-bond acceptors (Lipinski definition) is 10. The third-order valence-electron chi connectivity index (χ3n) is 8.18. The van der Waals surface area contributed by atoms with Gasteiger partial charge in [0.05, 0.1) is 12.2 Å². The van der Waals surface area contributed by atoms with Gasteiger partial charge in [-0.3, -0.25) is 0 Å². The Balaban J connectivity index is 0.000000314. The Morgan fingerprint density at radius 3 is 1.00 bits per heavy atom. The lowest BCUT2D eigenvalue weighted by molar-refractivity contribution is -0.110. The zero-order valence-electron chi connectivity index (χ0n) is 24.9. The Hall–Kier alpha value is -0.400. The Labute approximate surface area is 242 Å². The molecule has 0 aliphatic carbocycles. The second-order valence-corrected chi connectivity index (χ2v) is 10.8. The summed E-state index contributed by atoms with van der Waals surface area (Å²) in [6, 6.07) is 0. The van der Waals surface area contributed by atoms with Gasteiger partial charge >= 0.3 is 0 Å². The first kappa shape index (κ1) is 37.6. The van der Waals surface area contributed by atoms with Gasteiger partial charge in [-0.1, -0.05) is 0 Å². The average molecular weight is 581 g/mol. The standard InChI is InChI=1S/C14H28O6.4C4H8O/c15-6-1-12-11-20-14(4-9-18,5-10-19)13(12,2-7-16)3-8-17;4*1-2-4-5-3-1/h12,15-19H,1-11H2;4*1-4H2. The predicted octanol–water partition coefficient (Wildman–Crippen LogP) is 2.46. The van der Waals surface area contributed by atoms with Crippen molar-refractivity contribution in [2.24, 2.45) is 11.3 Å². The molecule has 0 aromatic heterocycles. The molecular formula is C30H60O10. The molecule has 5 saturated heterocycles. The van der Waals surface area contributed by atoms with Crippen molar-refractivity contribution >= 4 is 0 Å². The number of rotatable bonds is 10. The van der Waals surface area contributed by atoms with Crippen LogP contribution < -0.4 is 0 Å². The van der Waals surface area contributed by atoms with E-state index in [0.717, 1.165) is 52.9 Å². The van der Waals surface area contributed by atoms with Crippen molar-refractivity contribution in [3.63, 3.8) is 0 Å². The Kier molecular flexibility index (Phi) is 23.6. The van der Waals surface area contributed by atoms with Crippen LogP contribution in [-0.2, 0) is 23.7 Å². The lowest BCUT2D eigenvalue weighted by Crippen LogP contribution is -2.50. The van der Waals surface area contributed by atoms with E-state index in [1.54, 1.807) is 0 Å². The van der Waals surface area contributed by atoms with Crippen LogP contribution in [0.5, 0.6) is 0 Å². The van der Waals surface area contributed by atoms with E-state index in [1.165, 1.54) is 51.4 Å². The van der Waals surface area contributed by atoms with Crippen molar-refractivity contribution in [3.05, 3.63) is 0 Å². The maximum Gasteiger partial charge on any atom is 0.0787 e. The monoisotopic (exact) mass is 580 g/mol. The first-order chi connectivity index (χ1) is 19.7. The van der Waals surface area contributed by atoms with Crippen LogP contribution in [0.15, 0.2) is 0 Å². The fourth-order valence-electron chi connectivity index (χ4n) is 6.01. The second-order valence-electron chi connectivity index (χ2n) is 10.8. The van der Waals surface area contributed by atoms with Crippen molar-refractivity contribution in [1.29, 1.82) is 0 Å². The molecule has 1 unspecified atom stereocenters. The van der Waals surface area contributed by atoms with Gasteiger partial charge in [0.1, 0.15) is 0 Å². The summed E-state index contributed by atoms with van der Waals surface area (Å²) in [5, 5.41) is 46.9. The van der Waals surface area contributed by atoms with Gasteiger partial charge in [-0.2, -0.15) is 0 Å². The fourth-order valence-corrected chi connectivity index (χ4v) is 6.01.